The van der Waals surface area contributed by atoms with Gasteiger partial charge in [0.15, 0.2) is 5.01 Å². The predicted molar refractivity (Wildman–Crippen MR) is 65.3 cm³/mol. The summed E-state index contributed by atoms with van der Waals surface area (Å²) in [5.74, 6) is 0. The Labute approximate surface area is 99.9 Å². The normalized spacial score (nSPS) is 10.5. The SMILES string of the molecule is Cc1ccc(-c2nc(I)ns2)nc1C. The van der Waals surface area contributed by atoms with Crippen molar-refractivity contribution in [1.82, 2.24) is 14.3 Å². The molecule has 0 radical (unpaired) electrons. The zero-order chi connectivity index (χ0) is 10.1. The van der Waals surface area contributed by atoms with Crippen molar-refractivity contribution < 1.29 is 0 Å². The molecular formula is C9H8IN3S. The van der Waals surface area contributed by atoms with Crippen LogP contribution in [0.5, 0.6) is 0 Å². The lowest BCUT2D eigenvalue weighted by atomic mass is 10.2. The van der Waals surface area contributed by atoms with Crippen LogP contribution in [-0.4, -0.2) is 14.3 Å². The molecule has 0 unspecified atom stereocenters. The number of nitrogens with zero attached hydrogens (tertiary/aromatic N) is 3. The monoisotopic (exact) mass is 317 g/mol. The third kappa shape index (κ3) is 1.93. The molecule has 0 aliphatic carbocycles. The first-order chi connectivity index (χ1) is 6.66. The highest BCUT2D eigenvalue weighted by Crippen LogP contribution is 2.20. The van der Waals surface area contributed by atoms with E-state index >= 15 is 0 Å². The summed E-state index contributed by atoms with van der Waals surface area (Å²) in [4.78, 5) is 8.74. The zero-order valence-electron chi connectivity index (χ0n) is 7.78. The van der Waals surface area contributed by atoms with E-state index in [1.54, 1.807) is 0 Å². The van der Waals surface area contributed by atoms with Gasteiger partial charge in [-0.3, -0.25) is 4.98 Å². The number of halogens is 1. The molecule has 0 atom stereocenters. The maximum absolute atomic E-state index is 4.46. The Morgan fingerprint density at radius 3 is 2.57 bits per heavy atom. The Morgan fingerprint density at radius 1 is 1.21 bits per heavy atom. The maximum atomic E-state index is 4.46. The molecule has 0 amide bonds. The second-order valence-electron chi connectivity index (χ2n) is 2.97. The van der Waals surface area contributed by atoms with Crippen LogP contribution in [-0.2, 0) is 0 Å². The first-order valence-corrected chi connectivity index (χ1v) is 5.96. The standard InChI is InChI=1S/C9H8IN3S/c1-5-3-4-7(11-6(5)2)8-12-9(10)13-14-8/h3-4H,1-2H3. The van der Waals surface area contributed by atoms with E-state index in [0.717, 1.165) is 20.2 Å². The Hall–Kier alpha value is -0.560. The van der Waals surface area contributed by atoms with Gasteiger partial charge in [-0.2, -0.15) is 4.37 Å². The lowest BCUT2D eigenvalue weighted by molar-refractivity contribution is 1.14. The van der Waals surface area contributed by atoms with Crippen LogP contribution < -0.4 is 0 Å². The Balaban J connectivity index is 2.47. The molecule has 3 nitrogen and oxygen atoms in total. The molecule has 0 fully saturated rings. The van der Waals surface area contributed by atoms with Crippen LogP contribution in [0, 0.1) is 17.7 Å². The molecule has 2 aromatic rings. The van der Waals surface area contributed by atoms with Crippen molar-refractivity contribution in [2.45, 2.75) is 13.8 Å². The van der Waals surface area contributed by atoms with Gasteiger partial charge >= 0.3 is 0 Å². The zero-order valence-corrected chi connectivity index (χ0v) is 10.8. The molecule has 2 rings (SSSR count). The summed E-state index contributed by atoms with van der Waals surface area (Å²) in [6, 6.07) is 4.05. The largest absolute Gasteiger partial charge is 0.250 e. The van der Waals surface area contributed by atoms with Gasteiger partial charge in [0.05, 0.1) is 0 Å². The maximum Gasteiger partial charge on any atom is 0.203 e. The molecule has 0 saturated heterocycles. The predicted octanol–water partition coefficient (Wildman–Crippen LogP) is 2.82. The summed E-state index contributed by atoms with van der Waals surface area (Å²) in [6.45, 7) is 4.06. The second-order valence-corrected chi connectivity index (χ2v) is 4.68. The van der Waals surface area contributed by atoms with Crippen LogP contribution in [0.4, 0.5) is 0 Å². The van der Waals surface area contributed by atoms with E-state index in [0.29, 0.717) is 0 Å². The van der Waals surface area contributed by atoms with Crippen molar-refractivity contribution in [1.29, 1.82) is 0 Å². The highest BCUT2D eigenvalue weighted by molar-refractivity contribution is 14.1. The van der Waals surface area contributed by atoms with E-state index in [2.05, 4.69) is 49.9 Å². The topological polar surface area (TPSA) is 38.7 Å². The molecule has 0 bridgehead atoms. The number of aromatic nitrogens is 3. The molecule has 0 spiro atoms. The smallest absolute Gasteiger partial charge is 0.203 e. The highest BCUT2D eigenvalue weighted by Gasteiger charge is 2.06. The Kier molecular flexibility index (Phi) is 2.78. The molecular weight excluding hydrogens is 309 g/mol. The van der Waals surface area contributed by atoms with E-state index < -0.39 is 0 Å². The minimum atomic E-state index is 0.780. The first-order valence-electron chi connectivity index (χ1n) is 4.10. The number of hydrogen-bond acceptors (Lipinski definition) is 4. The molecule has 2 aromatic heterocycles. The van der Waals surface area contributed by atoms with Crippen molar-refractivity contribution in [3.05, 3.63) is 27.2 Å². The van der Waals surface area contributed by atoms with Gasteiger partial charge in [0.25, 0.3) is 0 Å². The van der Waals surface area contributed by atoms with Gasteiger partial charge < -0.3 is 0 Å². The van der Waals surface area contributed by atoms with E-state index in [4.69, 9.17) is 0 Å². The van der Waals surface area contributed by atoms with Gasteiger partial charge in [-0.05, 0) is 37.0 Å². The highest BCUT2D eigenvalue weighted by atomic mass is 127. The number of pyridine rings is 1. The van der Waals surface area contributed by atoms with Crippen molar-refractivity contribution in [2.75, 3.05) is 0 Å². The lowest BCUT2D eigenvalue weighted by Crippen LogP contribution is -1.89. The fourth-order valence-corrected chi connectivity index (χ4v) is 2.30. The third-order valence-corrected chi connectivity index (χ3v) is 3.52. The van der Waals surface area contributed by atoms with Crippen molar-refractivity contribution in [3.8, 4) is 10.7 Å². The molecule has 0 aliphatic rings. The molecule has 72 valence electrons. The fourth-order valence-electron chi connectivity index (χ4n) is 1.06. The van der Waals surface area contributed by atoms with Crippen LogP contribution in [0.3, 0.4) is 0 Å². The van der Waals surface area contributed by atoms with E-state index in [9.17, 15) is 0 Å². The number of aryl methyl sites for hydroxylation is 2. The van der Waals surface area contributed by atoms with Crippen LogP contribution in [0.1, 0.15) is 11.3 Å². The number of rotatable bonds is 1. The van der Waals surface area contributed by atoms with E-state index in [1.807, 2.05) is 13.0 Å². The summed E-state index contributed by atoms with van der Waals surface area (Å²) in [6.07, 6.45) is 0. The van der Waals surface area contributed by atoms with Crippen molar-refractivity contribution >= 4 is 34.1 Å². The fraction of sp³-hybridized carbons (Fsp3) is 0.222. The van der Waals surface area contributed by atoms with E-state index in [-0.39, 0.29) is 0 Å². The van der Waals surface area contributed by atoms with Gasteiger partial charge in [0.1, 0.15) is 5.69 Å². The van der Waals surface area contributed by atoms with Gasteiger partial charge in [-0.15, -0.1) is 0 Å². The van der Waals surface area contributed by atoms with Crippen LogP contribution in [0.15, 0.2) is 12.1 Å². The molecule has 5 heteroatoms. The molecule has 0 saturated carbocycles. The quantitative estimate of drug-likeness (QED) is 0.759. The van der Waals surface area contributed by atoms with Gasteiger partial charge in [-0.25, -0.2) is 4.98 Å². The average Bonchev–Trinajstić information content (AvgIpc) is 2.57. The Bertz CT molecular complexity index is 467. The summed E-state index contributed by atoms with van der Waals surface area (Å²) in [7, 11) is 0. The average molecular weight is 317 g/mol. The van der Waals surface area contributed by atoms with Crippen LogP contribution in [0.2, 0.25) is 0 Å². The number of hydrogen-bond donors (Lipinski definition) is 0. The third-order valence-electron chi connectivity index (χ3n) is 1.97. The van der Waals surface area contributed by atoms with Crippen molar-refractivity contribution in [3.63, 3.8) is 0 Å². The van der Waals surface area contributed by atoms with Gasteiger partial charge in [0.2, 0.25) is 3.83 Å². The summed E-state index contributed by atoms with van der Waals surface area (Å²) < 4.78 is 4.90. The first kappa shape index (κ1) is 9.97. The lowest BCUT2D eigenvalue weighted by Gasteiger charge is -2.00. The van der Waals surface area contributed by atoms with Gasteiger partial charge in [-0.1, -0.05) is 6.07 Å². The van der Waals surface area contributed by atoms with Crippen LogP contribution in [0.25, 0.3) is 10.7 Å². The molecule has 0 N–H and O–H groups in total. The molecule has 2 heterocycles. The van der Waals surface area contributed by atoms with E-state index in [1.165, 1.54) is 17.1 Å². The molecule has 14 heavy (non-hydrogen) atoms. The summed E-state index contributed by atoms with van der Waals surface area (Å²) in [5.41, 5.74) is 3.16. The van der Waals surface area contributed by atoms with Crippen LogP contribution >= 0.6 is 34.1 Å². The minimum Gasteiger partial charge on any atom is -0.250 e. The summed E-state index contributed by atoms with van der Waals surface area (Å²) in [5, 5.41) is 0.887. The molecule has 0 aliphatic heterocycles. The Morgan fingerprint density at radius 2 is 2.00 bits per heavy atom. The second kappa shape index (κ2) is 3.90. The van der Waals surface area contributed by atoms with Gasteiger partial charge in [0, 0.05) is 28.3 Å². The summed E-state index contributed by atoms with van der Waals surface area (Å²) >= 11 is 3.49. The minimum absolute atomic E-state index is 0.780. The molecule has 0 aromatic carbocycles. The van der Waals surface area contributed by atoms with Crippen molar-refractivity contribution in [2.24, 2.45) is 0 Å².